The molecule has 0 unspecified atom stereocenters. The van der Waals surface area contributed by atoms with Crippen LogP contribution in [0.2, 0.25) is 5.02 Å². The number of benzene rings is 1. The van der Waals surface area contributed by atoms with Gasteiger partial charge in [-0.1, -0.05) is 11.6 Å². The quantitative estimate of drug-likeness (QED) is 0.257. The Morgan fingerprint density at radius 1 is 1.48 bits per heavy atom. The number of hydrogen-bond acceptors (Lipinski definition) is 3. The number of nitrogens with two attached hydrogens (primary N) is 1. The second-order valence-electron chi connectivity index (χ2n) is 5.19. The van der Waals surface area contributed by atoms with Gasteiger partial charge < -0.3 is 21.1 Å². The van der Waals surface area contributed by atoms with Gasteiger partial charge in [0.15, 0.2) is 5.96 Å². The maximum absolute atomic E-state index is 11.5. The van der Waals surface area contributed by atoms with Crippen molar-refractivity contribution in [3.8, 4) is 5.75 Å². The van der Waals surface area contributed by atoms with Gasteiger partial charge in [0.25, 0.3) is 0 Å². The average Bonchev–Trinajstić information content (AvgIpc) is 3.28. The van der Waals surface area contributed by atoms with Crippen molar-refractivity contribution in [1.82, 2.24) is 5.32 Å². The van der Waals surface area contributed by atoms with E-state index in [-0.39, 0.29) is 29.9 Å². The van der Waals surface area contributed by atoms with Crippen molar-refractivity contribution in [2.45, 2.75) is 31.7 Å². The molecule has 8 heteroatoms. The number of nitrogens with one attached hydrogen (secondary N) is 2. The summed E-state index contributed by atoms with van der Waals surface area (Å²) in [4.78, 5) is 15.7. The Kier molecular flexibility index (Phi) is 8.46. The van der Waals surface area contributed by atoms with Gasteiger partial charge in [0.05, 0.1) is 12.1 Å². The number of carbonyl (C=O) groups is 1. The number of ether oxygens (including phenoxy) is 1. The molecule has 0 saturated heterocycles. The second-order valence-corrected chi connectivity index (χ2v) is 5.59. The molecule has 1 aromatic rings. The highest BCUT2D eigenvalue weighted by molar-refractivity contribution is 14.0. The third kappa shape index (κ3) is 7.26. The summed E-state index contributed by atoms with van der Waals surface area (Å²) in [7, 11) is 1.56. The zero-order chi connectivity index (χ0) is 15.9. The number of hydrogen-bond donors (Lipinski definition) is 3. The fraction of sp³-hybridized carbons (Fsp3) is 0.467. The van der Waals surface area contributed by atoms with Crippen LogP contribution in [0.15, 0.2) is 23.2 Å². The highest BCUT2D eigenvalue weighted by Gasteiger charge is 2.22. The molecule has 0 radical (unpaired) electrons. The third-order valence-corrected chi connectivity index (χ3v) is 3.51. The summed E-state index contributed by atoms with van der Waals surface area (Å²) in [6.07, 6.45) is 3.35. The van der Waals surface area contributed by atoms with E-state index >= 15 is 0 Å². The molecule has 0 aliphatic heterocycles. The Bertz CT molecular complexity index is 564. The molecular weight excluding hydrogens is 431 g/mol. The fourth-order valence-corrected chi connectivity index (χ4v) is 2.16. The Morgan fingerprint density at radius 2 is 2.22 bits per heavy atom. The lowest BCUT2D eigenvalue weighted by molar-refractivity contribution is -0.121. The number of rotatable bonds is 7. The monoisotopic (exact) mass is 452 g/mol. The largest absolute Gasteiger partial charge is 0.495 e. The lowest BCUT2D eigenvalue weighted by Crippen LogP contribution is -2.25. The minimum atomic E-state index is 0. The lowest BCUT2D eigenvalue weighted by atomic mass is 10.3. The highest BCUT2D eigenvalue weighted by atomic mass is 127. The minimum Gasteiger partial charge on any atom is -0.495 e. The van der Waals surface area contributed by atoms with E-state index in [0.717, 1.165) is 18.5 Å². The van der Waals surface area contributed by atoms with Gasteiger partial charge in [-0.05, 0) is 37.5 Å². The molecule has 1 aromatic carbocycles. The van der Waals surface area contributed by atoms with E-state index in [1.807, 2.05) is 0 Å². The van der Waals surface area contributed by atoms with Gasteiger partial charge in [0, 0.05) is 24.7 Å². The molecule has 128 valence electrons. The summed E-state index contributed by atoms with van der Waals surface area (Å²) in [6, 6.07) is 5.67. The van der Waals surface area contributed by atoms with Crippen molar-refractivity contribution < 1.29 is 9.53 Å². The van der Waals surface area contributed by atoms with Crippen molar-refractivity contribution in [1.29, 1.82) is 0 Å². The van der Waals surface area contributed by atoms with Crippen LogP contribution < -0.4 is 21.1 Å². The molecule has 4 N–H and O–H groups in total. The number of aliphatic imine (C=N–C) groups is 1. The number of nitrogens with zero attached hydrogens (tertiary/aromatic N) is 1. The summed E-state index contributed by atoms with van der Waals surface area (Å²) < 4.78 is 5.08. The van der Waals surface area contributed by atoms with E-state index in [2.05, 4.69) is 15.6 Å². The zero-order valence-electron chi connectivity index (χ0n) is 13.0. The Labute approximate surface area is 158 Å². The maximum Gasteiger partial charge on any atom is 0.220 e. The van der Waals surface area contributed by atoms with Crippen LogP contribution >= 0.6 is 35.6 Å². The normalized spacial score (nSPS) is 13.9. The Hall–Kier alpha value is -1.22. The topological polar surface area (TPSA) is 88.7 Å². The molecule has 0 heterocycles. The molecular formula is C15H22ClIN4O2. The number of amides is 1. The SMILES string of the molecule is COc1ccc(NC(N)=NCCCC(=O)NC2CC2)cc1Cl.I. The van der Waals surface area contributed by atoms with Gasteiger partial charge in [-0.3, -0.25) is 9.79 Å². The standard InChI is InChI=1S/C15H21ClN4O2.HI/c1-22-13-7-6-11(9-12(13)16)20-15(17)18-8-2-3-14(21)19-10-4-5-10;/h6-7,9-10H,2-5,8H2,1H3,(H,19,21)(H3,17,18,20);1H. The summed E-state index contributed by atoms with van der Waals surface area (Å²) >= 11 is 6.03. The predicted octanol–water partition coefficient (Wildman–Crippen LogP) is 2.75. The molecule has 0 spiro atoms. The molecule has 1 saturated carbocycles. The predicted molar refractivity (Wildman–Crippen MR) is 104 cm³/mol. The minimum absolute atomic E-state index is 0. The van der Waals surface area contributed by atoms with E-state index in [4.69, 9.17) is 22.1 Å². The van der Waals surface area contributed by atoms with Crippen LogP contribution in [0.3, 0.4) is 0 Å². The molecule has 0 aromatic heterocycles. The van der Waals surface area contributed by atoms with E-state index < -0.39 is 0 Å². The molecule has 0 atom stereocenters. The molecule has 2 rings (SSSR count). The fourth-order valence-electron chi connectivity index (χ4n) is 1.90. The molecule has 0 bridgehead atoms. The van der Waals surface area contributed by atoms with Gasteiger partial charge >= 0.3 is 0 Å². The summed E-state index contributed by atoms with van der Waals surface area (Å²) in [5, 5.41) is 6.39. The van der Waals surface area contributed by atoms with E-state index in [0.29, 0.717) is 42.2 Å². The van der Waals surface area contributed by atoms with Crippen molar-refractivity contribution in [2.75, 3.05) is 19.0 Å². The van der Waals surface area contributed by atoms with Crippen LogP contribution in [0, 0.1) is 0 Å². The average molecular weight is 453 g/mol. The molecule has 1 aliphatic rings. The van der Waals surface area contributed by atoms with Crippen molar-refractivity contribution in [2.24, 2.45) is 10.7 Å². The van der Waals surface area contributed by atoms with Crippen LogP contribution in [0.5, 0.6) is 5.75 Å². The van der Waals surface area contributed by atoms with Crippen LogP contribution in [0.25, 0.3) is 0 Å². The molecule has 6 nitrogen and oxygen atoms in total. The third-order valence-electron chi connectivity index (χ3n) is 3.21. The van der Waals surface area contributed by atoms with E-state index in [1.165, 1.54) is 0 Å². The second kappa shape index (κ2) is 9.82. The smallest absolute Gasteiger partial charge is 0.220 e. The van der Waals surface area contributed by atoms with Gasteiger partial charge in [0.1, 0.15) is 5.75 Å². The molecule has 1 aliphatic carbocycles. The van der Waals surface area contributed by atoms with Gasteiger partial charge in [-0.15, -0.1) is 24.0 Å². The van der Waals surface area contributed by atoms with E-state index in [9.17, 15) is 4.79 Å². The number of guanidine groups is 1. The van der Waals surface area contributed by atoms with Gasteiger partial charge in [-0.2, -0.15) is 0 Å². The molecule has 1 fully saturated rings. The van der Waals surface area contributed by atoms with Gasteiger partial charge in [0.2, 0.25) is 5.91 Å². The number of methoxy groups -OCH3 is 1. The first-order valence-corrected chi connectivity index (χ1v) is 7.66. The van der Waals surface area contributed by atoms with Crippen LogP contribution in [-0.4, -0.2) is 31.6 Å². The van der Waals surface area contributed by atoms with Crippen molar-refractivity contribution >= 4 is 53.1 Å². The van der Waals surface area contributed by atoms with Gasteiger partial charge in [-0.25, -0.2) is 0 Å². The van der Waals surface area contributed by atoms with Crippen LogP contribution in [-0.2, 0) is 4.79 Å². The summed E-state index contributed by atoms with van der Waals surface area (Å²) in [5.41, 5.74) is 6.53. The Balaban J connectivity index is 0.00000264. The number of carbonyl (C=O) groups excluding carboxylic acids is 1. The van der Waals surface area contributed by atoms with Crippen LogP contribution in [0.4, 0.5) is 5.69 Å². The first-order chi connectivity index (χ1) is 10.6. The highest BCUT2D eigenvalue weighted by Crippen LogP contribution is 2.27. The summed E-state index contributed by atoms with van der Waals surface area (Å²) in [6.45, 7) is 0.501. The maximum atomic E-state index is 11.5. The summed E-state index contributed by atoms with van der Waals surface area (Å²) in [5.74, 6) is 0.986. The van der Waals surface area contributed by atoms with Crippen LogP contribution in [0.1, 0.15) is 25.7 Å². The Morgan fingerprint density at radius 3 is 2.83 bits per heavy atom. The van der Waals surface area contributed by atoms with Crippen molar-refractivity contribution in [3.63, 3.8) is 0 Å². The number of anilines is 1. The zero-order valence-corrected chi connectivity index (χ0v) is 16.1. The molecule has 1 amide bonds. The lowest BCUT2D eigenvalue weighted by Gasteiger charge is -2.08. The van der Waals surface area contributed by atoms with Crippen molar-refractivity contribution in [3.05, 3.63) is 23.2 Å². The van der Waals surface area contributed by atoms with E-state index in [1.54, 1.807) is 25.3 Å². The first-order valence-electron chi connectivity index (χ1n) is 7.28. The number of halogens is 2. The first kappa shape index (κ1) is 19.8. The molecule has 23 heavy (non-hydrogen) atoms.